The molecule has 3 heteroatoms. The summed E-state index contributed by atoms with van der Waals surface area (Å²) in [6, 6.07) is 33.0. The number of carbonyl (C=O) groups is 1. The first-order valence-corrected chi connectivity index (χ1v) is 13.2. The van der Waals surface area contributed by atoms with Gasteiger partial charge in [0.25, 0.3) is 0 Å². The van der Waals surface area contributed by atoms with Crippen molar-refractivity contribution in [2.75, 3.05) is 0 Å². The molecular weight excluding hydrogens is 415 g/mol. The van der Waals surface area contributed by atoms with Gasteiger partial charge in [0.15, 0.2) is 0 Å². The Morgan fingerprint density at radius 3 is 1.24 bits per heavy atom. The van der Waals surface area contributed by atoms with Gasteiger partial charge in [0.2, 0.25) is 0 Å². The number of rotatable bonds is 4. The van der Waals surface area contributed by atoms with Crippen LogP contribution in [0.25, 0.3) is 0 Å². The Kier molecular flexibility index (Phi) is 7.99. The maximum atomic E-state index is 9.51. The average Bonchev–Trinajstić information content (AvgIpc) is 2.65. The van der Waals surface area contributed by atoms with E-state index in [1.807, 2.05) is 0 Å². The molecule has 3 aromatic carbocycles. The van der Waals surface area contributed by atoms with E-state index < -0.39 is 25.7 Å². The quantitative estimate of drug-likeness (QED) is 0.504. The number of aliphatic carboxylic acids is 1. The van der Waals surface area contributed by atoms with Gasteiger partial charge in [-0.2, -0.15) is 0 Å². The standard InChI is InChI=1S/3C6H5.C4H6O2.Sn.H/c3*1-2-4-6-5-3-1;1-2-3-4(5)6;;/h3*1-5H;2-3H,1H3,(H,5,6);;. The second-order valence-corrected chi connectivity index (χ2v) is 13.7. The number of allylic oxidation sites excluding steroid dienone is 1. The molecule has 0 saturated heterocycles. The third-order valence-corrected chi connectivity index (χ3v) is 12.7. The molecule has 0 heterocycles. The maximum absolute atomic E-state index is 9.51. The van der Waals surface area contributed by atoms with Gasteiger partial charge in [-0.3, -0.25) is 0 Å². The van der Waals surface area contributed by atoms with Crippen molar-refractivity contribution in [2.45, 2.75) is 6.92 Å². The molecule has 0 aliphatic rings. The van der Waals surface area contributed by atoms with Crippen LogP contribution in [0.15, 0.2) is 103 Å². The summed E-state index contributed by atoms with van der Waals surface area (Å²) in [6.07, 6.45) is 2.56. The Morgan fingerprint density at radius 2 is 1.04 bits per heavy atom. The number of carboxylic acids is 1. The summed E-state index contributed by atoms with van der Waals surface area (Å²) >= 11 is -2.14. The molecule has 126 valence electrons. The molecule has 0 aliphatic carbocycles. The van der Waals surface area contributed by atoms with Gasteiger partial charge in [0.05, 0.1) is 0 Å². The molecule has 0 saturated carbocycles. The van der Waals surface area contributed by atoms with Gasteiger partial charge >= 0.3 is 127 Å². The van der Waals surface area contributed by atoms with Crippen molar-refractivity contribution in [3.63, 3.8) is 0 Å². The minimum atomic E-state index is -2.14. The minimum absolute atomic E-state index is 0.891. The normalized spacial score (nSPS) is 10.3. The molecule has 25 heavy (non-hydrogen) atoms. The summed E-state index contributed by atoms with van der Waals surface area (Å²) in [5.41, 5.74) is 0. The fourth-order valence-corrected chi connectivity index (χ4v) is 11.2. The topological polar surface area (TPSA) is 37.3 Å². The van der Waals surface area contributed by atoms with Crippen LogP contribution in [-0.4, -0.2) is 30.8 Å². The van der Waals surface area contributed by atoms with Crippen molar-refractivity contribution >= 4 is 36.5 Å². The molecular formula is C22H22O2Sn. The Hall–Kier alpha value is -2.33. The number of hydrogen-bond donors (Lipinski definition) is 1. The van der Waals surface area contributed by atoms with Gasteiger partial charge < -0.3 is 5.11 Å². The molecule has 0 spiro atoms. The predicted octanol–water partition coefficient (Wildman–Crippen LogP) is 2.58. The van der Waals surface area contributed by atoms with Gasteiger partial charge in [-0.25, -0.2) is 4.79 Å². The molecule has 0 atom stereocenters. The van der Waals surface area contributed by atoms with E-state index in [9.17, 15) is 4.79 Å². The Morgan fingerprint density at radius 1 is 0.720 bits per heavy atom. The zero-order valence-corrected chi connectivity index (χ0v) is 17.5. The van der Waals surface area contributed by atoms with Gasteiger partial charge in [0, 0.05) is 6.08 Å². The van der Waals surface area contributed by atoms with E-state index in [1.54, 1.807) is 17.7 Å². The molecule has 0 fully saturated rings. The first kappa shape index (κ1) is 19.0. The molecule has 0 unspecified atom stereocenters. The van der Waals surface area contributed by atoms with E-state index >= 15 is 0 Å². The van der Waals surface area contributed by atoms with Crippen LogP contribution in [0, 0.1) is 0 Å². The van der Waals surface area contributed by atoms with Crippen molar-refractivity contribution in [1.82, 2.24) is 0 Å². The molecule has 0 aliphatic heterocycles. The van der Waals surface area contributed by atoms with Gasteiger partial charge in [-0.15, -0.1) is 0 Å². The van der Waals surface area contributed by atoms with Crippen LogP contribution in [0.3, 0.4) is 0 Å². The first-order valence-electron chi connectivity index (χ1n) is 8.23. The third-order valence-electron chi connectivity index (χ3n) is 3.71. The van der Waals surface area contributed by atoms with Gasteiger partial charge in [0.1, 0.15) is 0 Å². The number of carboxylic acid groups (broad SMARTS) is 1. The van der Waals surface area contributed by atoms with Crippen molar-refractivity contribution in [3.8, 4) is 0 Å². The van der Waals surface area contributed by atoms with Gasteiger partial charge in [-0.05, 0) is 6.92 Å². The van der Waals surface area contributed by atoms with Crippen molar-refractivity contribution in [3.05, 3.63) is 103 Å². The van der Waals surface area contributed by atoms with E-state index in [0.29, 0.717) is 0 Å². The van der Waals surface area contributed by atoms with Crippen LogP contribution in [0.5, 0.6) is 0 Å². The van der Waals surface area contributed by atoms with Gasteiger partial charge in [-0.1, -0.05) is 6.08 Å². The number of hydrogen-bond acceptors (Lipinski definition) is 1. The summed E-state index contributed by atoms with van der Waals surface area (Å²) in [4.78, 5) is 9.51. The predicted molar refractivity (Wildman–Crippen MR) is 108 cm³/mol. The summed E-state index contributed by atoms with van der Waals surface area (Å²) in [5.74, 6) is -0.891. The second kappa shape index (κ2) is 10.5. The summed E-state index contributed by atoms with van der Waals surface area (Å²) < 4.78 is 4.63. The molecule has 0 bridgehead atoms. The van der Waals surface area contributed by atoms with E-state index in [1.165, 1.54) is 6.08 Å². The monoisotopic (exact) mass is 438 g/mol. The zero-order valence-electron chi connectivity index (χ0n) is 14.2. The molecule has 3 rings (SSSR count). The van der Waals surface area contributed by atoms with E-state index in [2.05, 4.69) is 91.0 Å². The summed E-state index contributed by atoms with van der Waals surface area (Å²) in [5, 5.41) is 7.83. The molecule has 0 aromatic heterocycles. The fourth-order valence-electron chi connectivity index (χ4n) is 2.66. The fraction of sp³-hybridized carbons (Fsp3) is 0.0455. The van der Waals surface area contributed by atoms with Crippen molar-refractivity contribution < 1.29 is 9.90 Å². The Balaban J connectivity index is 0.000000326. The third kappa shape index (κ3) is 6.23. The average molecular weight is 437 g/mol. The van der Waals surface area contributed by atoms with Crippen LogP contribution in [0.2, 0.25) is 0 Å². The summed E-state index contributed by atoms with van der Waals surface area (Å²) in [7, 11) is 0. The molecule has 1 N–H and O–H groups in total. The van der Waals surface area contributed by atoms with Crippen LogP contribution >= 0.6 is 0 Å². The Labute approximate surface area is 156 Å². The van der Waals surface area contributed by atoms with E-state index in [-0.39, 0.29) is 0 Å². The molecule has 0 amide bonds. The van der Waals surface area contributed by atoms with Crippen molar-refractivity contribution in [2.24, 2.45) is 0 Å². The van der Waals surface area contributed by atoms with Crippen LogP contribution in [0.1, 0.15) is 6.92 Å². The van der Waals surface area contributed by atoms with Crippen LogP contribution in [0.4, 0.5) is 0 Å². The molecule has 0 radical (unpaired) electrons. The first-order chi connectivity index (χ1) is 12.2. The van der Waals surface area contributed by atoms with Crippen molar-refractivity contribution in [1.29, 1.82) is 0 Å². The molecule has 3 aromatic rings. The second-order valence-electron chi connectivity index (χ2n) is 5.50. The van der Waals surface area contributed by atoms with Crippen LogP contribution < -0.4 is 10.7 Å². The Bertz CT molecular complexity index is 690. The number of benzene rings is 3. The zero-order chi connectivity index (χ0) is 17.9. The SMILES string of the molecule is CC=CC(=O)O.c1cc[c]([SnH]([c]2ccccc2)[c]2ccccc2)cc1. The summed E-state index contributed by atoms with van der Waals surface area (Å²) in [6.45, 7) is 1.66. The molecule has 2 nitrogen and oxygen atoms in total. The van der Waals surface area contributed by atoms with E-state index in [4.69, 9.17) is 5.11 Å². The van der Waals surface area contributed by atoms with Crippen LogP contribution in [-0.2, 0) is 4.79 Å². The van der Waals surface area contributed by atoms with E-state index in [0.717, 1.165) is 6.08 Å².